The van der Waals surface area contributed by atoms with E-state index in [0.29, 0.717) is 11.2 Å². The summed E-state index contributed by atoms with van der Waals surface area (Å²) >= 11 is 11.7. The molecule has 0 aromatic carbocycles. The molecule has 1 aliphatic heterocycles. The predicted octanol–water partition coefficient (Wildman–Crippen LogP) is 1.97. The van der Waals surface area contributed by atoms with Crippen molar-refractivity contribution >= 4 is 23.2 Å². The fourth-order valence-electron chi connectivity index (χ4n) is 2.08. The second-order valence-electron chi connectivity index (χ2n) is 4.37. The number of piperidine rings is 1. The molecular weight excluding hydrogens is 259 g/mol. The third-order valence-electron chi connectivity index (χ3n) is 3.10. The van der Waals surface area contributed by atoms with Crippen LogP contribution in [0.4, 0.5) is 0 Å². The summed E-state index contributed by atoms with van der Waals surface area (Å²) in [4.78, 5) is 10.2. The molecule has 0 spiro atoms. The topological polar surface area (TPSA) is 41.1 Å². The highest BCUT2D eigenvalue weighted by Gasteiger charge is 2.18. The molecule has 1 saturated heterocycles. The van der Waals surface area contributed by atoms with E-state index in [9.17, 15) is 0 Å². The number of nitrogens with one attached hydrogen (secondary N) is 1. The molecule has 0 radical (unpaired) electrons. The maximum atomic E-state index is 6.03. The highest BCUT2D eigenvalue weighted by Crippen LogP contribution is 2.18. The van der Waals surface area contributed by atoms with Crippen LogP contribution < -0.4 is 5.32 Å². The number of hydrogen-bond donors (Lipinski definition) is 1. The van der Waals surface area contributed by atoms with Crippen LogP contribution in [0.15, 0.2) is 6.20 Å². The highest BCUT2D eigenvalue weighted by molar-refractivity contribution is 6.32. The Morgan fingerprint density at radius 3 is 3.00 bits per heavy atom. The Morgan fingerprint density at radius 2 is 2.35 bits per heavy atom. The van der Waals surface area contributed by atoms with Crippen LogP contribution in [0.1, 0.15) is 18.4 Å². The number of aromatic nitrogens is 2. The average Bonchev–Trinajstić information content (AvgIpc) is 2.34. The van der Waals surface area contributed by atoms with Gasteiger partial charge in [-0.3, -0.25) is 4.90 Å². The highest BCUT2D eigenvalue weighted by atomic mass is 35.5. The summed E-state index contributed by atoms with van der Waals surface area (Å²) in [6, 6.07) is 0.551. The fraction of sp³-hybridized carbons (Fsp3) is 0.636. The van der Waals surface area contributed by atoms with Crippen LogP contribution in [-0.4, -0.2) is 41.0 Å². The molecule has 0 amide bonds. The number of halogens is 2. The lowest BCUT2D eigenvalue weighted by Crippen LogP contribution is -2.43. The number of nitrogens with zero attached hydrogens (tertiary/aromatic N) is 3. The van der Waals surface area contributed by atoms with Gasteiger partial charge in [-0.05, 0) is 38.0 Å². The summed E-state index contributed by atoms with van der Waals surface area (Å²) in [5.41, 5.74) is 0.921. The molecule has 1 N–H and O–H groups in total. The van der Waals surface area contributed by atoms with Crippen LogP contribution in [-0.2, 0) is 6.54 Å². The largest absolute Gasteiger partial charge is 0.315 e. The molecule has 2 rings (SSSR count). The number of likely N-dealkylation sites (N-methyl/N-ethyl adjacent to an activating group) is 1. The van der Waals surface area contributed by atoms with Gasteiger partial charge in [0.1, 0.15) is 5.15 Å². The van der Waals surface area contributed by atoms with Gasteiger partial charge in [-0.25, -0.2) is 9.97 Å². The van der Waals surface area contributed by atoms with Crippen LogP contribution in [0, 0.1) is 0 Å². The molecule has 0 aliphatic carbocycles. The van der Waals surface area contributed by atoms with Crippen molar-refractivity contribution in [1.82, 2.24) is 20.2 Å². The van der Waals surface area contributed by atoms with Crippen molar-refractivity contribution < 1.29 is 0 Å². The van der Waals surface area contributed by atoms with Gasteiger partial charge in [0.05, 0.1) is 0 Å². The summed E-state index contributed by atoms with van der Waals surface area (Å²) in [5, 5.41) is 4.04. The third-order valence-corrected chi connectivity index (χ3v) is 3.61. The quantitative estimate of drug-likeness (QED) is 0.676. The van der Waals surface area contributed by atoms with E-state index >= 15 is 0 Å². The maximum absolute atomic E-state index is 6.03. The SMILES string of the molecule is CN(Cc1cnc(Cl)nc1Cl)[C@@H]1CCCNC1. The summed E-state index contributed by atoms with van der Waals surface area (Å²) in [7, 11) is 2.10. The van der Waals surface area contributed by atoms with Crippen molar-refractivity contribution in [2.45, 2.75) is 25.4 Å². The van der Waals surface area contributed by atoms with E-state index in [2.05, 4.69) is 27.2 Å². The zero-order valence-electron chi connectivity index (χ0n) is 9.79. The molecule has 94 valence electrons. The van der Waals surface area contributed by atoms with E-state index in [-0.39, 0.29) is 5.28 Å². The Morgan fingerprint density at radius 1 is 1.53 bits per heavy atom. The summed E-state index contributed by atoms with van der Waals surface area (Å²) in [6.07, 6.45) is 4.14. The molecular formula is C11H16Cl2N4. The molecule has 0 bridgehead atoms. The number of hydrogen-bond acceptors (Lipinski definition) is 4. The zero-order chi connectivity index (χ0) is 12.3. The van der Waals surface area contributed by atoms with Crippen molar-refractivity contribution in [3.8, 4) is 0 Å². The molecule has 17 heavy (non-hydrogen) atoms. The van der Waals surface area contributed by atoms with Gasteiger partial charge in [0, 0.05) is 30.9 Å². The minimum atomic E-state index is 0.195. The minimum absolute atomic E-state index is 0.195. The van der Waals surface area contributed by atoms with E-state index in [1.807, 2.05) is 0 Å². The van der Waals surface area contributed by atoms with E-state index in [4.69, 9.17) is 23.2 Å². The van der Waals surface area contributed by atoms with E-state index in [1.54, 1.807) is 6.20 Å². The lowest BCUT2D eigenvalue weighted by atomic mass is 10.1. The molecule has 1 atom stereocenters. The van der Waals surface area contributed by atoms with Crippen LogP contribution in [0.3, 0.4) is 0 Å². The van der Waals surface area contributed by atoms with Gasteiger partial charge in [-0.1, -0.05) is 11.6 Å². The van der Waals surface area contributed by atoms with Crippen molar-refractivity contribution in [2.24, 2.45) is 0 Å². The Labute approximate surface area is 111 Å². The van der Waals surface area contributed by atoms with Crippen molar-refractivity contribution in [3.05, 3.63) is 22.2 Å². The summed E-state index contributed by atoms with van der Waals surface area (Å²) in [6.45, 7) is 2.90. The van der Waals surface area contributed by atoms with Crippen LogP contribution >= 0.6 is 23.2 Å². The Bertz CT molecular complexity index is 380. The molecule has 1 aromatic rings. The van der Waals surface area contributed by atoms with Gasteiger partial charge in [0.2, 0.25) is 5.28 Å². The average molecular weight is 275 g/mol. The zero-order valence-corrected chi connectivity index (χ0v) is 11.3. The van der Waals surface area contributed by atoms with Gasteiger partial charge in [-0.2, -0.15) is 0 Å². The van der Waals surface area contributed by atoms with Gasteiger partial charge < -0.3 is 5.32 Å². The molecule has 1 aromatic heterocycles. The molecule has 4 nitrogen and oxygen atoms in total. The Kier molecular flexibility index (Phi) is 4.56. The maximum Gasteiger partial charge on any atom is 0.223 e. The van der Waals surface area contributed by atoms with E-state index in [0.717, 1.165) is 25.2 Å². The van der Waals surface area contributed by atoms with Crippen LogP contribution in [0.2, 0.25) is 10.4 Å². The van der Waals surface area contributed by atoms with Gasteiger partial charge >= 0.3 is 0 Å². The first-order valence-electron chi connectivity index (χ1n) is 5.74. The molecule has 6 heteroatoms. The molecule has 1 fully saturated rings. The normalized spacial score (nSPS) is 20.8. The third kappa shape index (κ3) is 3.52. The first kappa shape index (κ1) is 13.0. The summed E-state index contributed by atoms with van der Waals surface area (Å²) < 4.78 is 0. The van der Waals surface area contributed by atoms with Gasteiger partial charge in [-0.15, -0.1) is 0 Å². The lowest BCUT2D eigenvalue weighted by Gasteiger charge is -2.31. The summed E-state index contributed by atoms with van der Waals surface area (Å²) in [5.74, 6) is 0. The van der Waals surface area contributed by atoms with E-state index in [1.165, 1.54) is 12.8 Å². The molecule has 0 unspecified atom stereocenters. The second-order valence-corrected chi connectivity index (χ2v) is 5.07. The van der Waals surface area contributed by atoms with Gasteiger partial charge in [0.25, 0.3) is 0 Å². The Balaban J connectivity index is 1.99. The predicted molar refractivity (Wildman–Crippen MR) is 69.4 cm³/mol. The smallest absolute Gasteiger partial charge is 0.223 e. The lowest BCUT2D eigenvalue weighted by molar-refractivity contribution is 0.195. The Hall–Kier alpha value is -0.420. The van der Waals surface area contributed by atoms with E-state index < -0.39 is 0 Å². The van der Waals surface area contributed by atoms with Crippen molar-refractivity contribution in [3.63, 3.8) is 0 Å². The van der Waals surface area contributed by atoms with Crippen LogP contribution in [0.5, 0.6) is 0 Å². The minimum Gasteiger partial charge on any atom is -0.315 e. The first-order chi connectivity index (χ1) is 8.16. The van der Waals surface area contributed by atoms with Crippen molar-refractivity contribution in [1.29, 1.82) is 0 Å². The first-order valence-corrected chi connectivity index (χ1v) is 6.50. The second kappa shape index (κ2) is 5.96. The fourth-order valence-corrected chi connectivity index (χ4v) is 2.44. The molecule has 0 saturated carbocycles. The molecule has 2 heterocycles. The number of rotatable bonds is 3. The monoisotopic (exact) mass is 274 g/mol. The molecule has 1 aliphatic rings. The van der Waals surface area contributed by atoms with Crippen molar-refractivity contribution in [2.75, 3.05) is 20.1 Å². The standard InChI is InChI=1S/C11H16Cl2N4/c1-17(9-3-2-4-14-6-9)7-8-5-15-11(13)16-10(8)12/h5,9,14H,2-4,6-7H2,1H3/t9-/m1/s1. The van der Waals surface area contributed by atoms with Gasteiger partial charge in [0.15, 0.2) is 0 Å². The van der Waals surface area contributed by atoms with Crippen LogP contribution in [0.25, 0.3) is 0 Å².